The van der Waals surface area contributed by atoms with Crippen LogP contribution in [-0.4, -0.2) is 214 Å². The van der Waals surface area contributed by atoms with Crippen molar-refractivity contribution in [1.82, 2.24) is 5.32 Å². The second kappa shape index (κ2) is 21.7. The molecule has 0 saturated carbocycles. The van der Waals surface area contributed by atoms with Gasteiger partial charge >= 0.3 is 15.6 Å². The van der Waals surface area contributed by atoms with Crippen LogP contribution in [0.15, 0.2) is 0 Å². The molecule has 2 unspecified atom stereocenters. The van der Waals surface area contributed by atoms with Gasteiger partial charge in [-0.25, -0.2) is 9.13 Å². The summed E-state index contributed by atoms with van der Waals surface area (Å²) in [5, 5.41) is 129. The number of nitrogens with one attached hydrogen (secondary N) is 1. The van der Waals surface area contributed by atoms with E-state index in [4.69, 9.17) is 24.2 Å². The topological polar surface area (TPSA) is 422 Å². The molecule has 27 heteroatoms. The van der Waals surface area contributed by atoms with Gasteiger partial charge in [0.1, 0.15) is 79.3 Å². The van der Waals surface area contributed by atoms with E-state index in [0.717, 1.165) is 6.92 Å². The van der Waals surface area contributed by atoms with Gasteiger partial charge in [-0.1, -0.05) is 0 Å². The zero-order valence-electron chi connectivity index (χ0n) is 26.3. The van der Waals surface area contributed by atoms with Crippen molar-refractivity contribution in [1.29, 1.82) is 0 Å². The Kier molecular flexibility index (Phi) is 20.5. The first-order valence-electron chi connectivity index (χ1n) is 14.6. The first-order valence-corrected chi connectivity index (χ1v) is 17.5. The number of phosphoric acid groups is 2. The van der Waals surface area contributed by atoms with Gasteiger partial charge in [-0.3, -0.25) is 22.9 Å². The minimum atomic E-state index is -5.30. The van der Waals surface area contributed by atoms with E-state index in [2.05, 4.69) is 18.9 Å². The van der Waals surface area contributed by atoms with E-state index in [1.807, 2.05) is 0 Å². The highest BCUT2D eigenvalue weighted by Gasteiger charge is 2.47. The summed E-state index contributed by atoms with van der Waals surface area (Å²) in [6.07, 6.45) is -25.9. The molecule has 1 aliphatic heterocycles. The van der Waals surface area contributed by atoms with Gasteiger partial charge in [0, 0.05) is 6.92 Å². The number of ether oxygens (including phenoxy) is 2. The molecule has 16 atom stereocenters. The molecule has 1 heterocycles. The SMILES string of the molecule is CC(=O)N[C@H]1[C@H](O[C@H](COP(=O)(O)OC[C@H](O)[C@H](O)[C@@H](O)CO)[C@@H](O)[C@@H](O)COP(=O)(O)OC[C@@H](O)[C@@H](O)[C@@H](O)CO)O[C@H](CO)[C@@H](O)[C@@H]1O. The summed E-state index contributed by atoms with van der Waals surface area (Å²) in [6.45, 7) is -6.85. The maximum absolute atomic E-state index is 12.5. The molecule has 1 aliphatic rings. The maximum Gasteiger partial charge on any atom is 0.472 e. The summed E-state index contributed by atoms with van der Waals surface area (Å²) < 4.78 is 53.8. The molecular formula is C23H47NO24P2. The highest BCUT2D eigenvalue weighted by Crippen LogP contribution is 2.45. The van der Waals surface area contributed by atoms with Gasteiger partial charge < -0.3 is 91.0 Å². The zero-order chi connectivity index (χ0) is 38.6. The van der Waals surface area contributed by atoms with Crippen LogP contribution < -0.4 is 5.32 Å². The zero-order valence-corrected chi connectivity index (χ0v) is 28.1. The van der Waals surface area contributed by atoms with E-state index in [1.54, 1.807) is 0 Å². The Morgan fingerprint density at radius 2 is 1.08 bits per heavy atom. The highest BCUT2D eigenvalue weighted by molar-refractivity contribution is 7.47. The Hall–Kier alpha value is -0.910. The van der Waals surface area contributed by atoms with Crippen LogP contribution in [0, 0.1) is 0 Å². The Balaban J connectivity index is 3.16. The Labute approximate surface area is 283 Å². The van der Waals surface area contributed by atoms with E-state index in [0.29, 0.717) is 0 Å². The predicted molar refractivity (Wildman–Crippen MR) is 156 cm³/mol. The van der Waals surface area contributed by atoms with Gasteiger partial charge in [0.15, 0.2) is 6.29 Å². The van der Waals surface area contributed by atoms with Crippen LogP contribution >= 0.6 is 15.6 Å². The molecule has 50 heavy (non-hydrogen) atoms. The fourth-order valence-electron chi connectivity index (χ4n) is 4.00. The van der Waals surface area contributed by atoms with Crippen LogP contribution in [0.3, 0.4) is 0 Å². The summed E-state index contributed by atoms with van der Waals surface area (Å²) in [6, 6.07) is -1.67. The van der Waals surface area contributed by atoms with E-state index >= 15 is 0 Å². The summed E-state index contributed by atoms with van der Waals surface area (Å²) in [5.41, 5.74) is 0. The van der Waals surface area contributed by atoms with Crippen LogP contribution in [0.1, 0.15) is 6.92 Å². The Morgan fingerprint density at radius 3 is 1.46 bits per heavy atom. The first-order chi connectivity index (χ1) is 23.1. The maximum atomic E-state index is 12.5. The van der Waals surface area contributed by atoms with Gasteiger partial charge in [-0.15, -0.1) is 0 Å². The number of amides is 1. The average molecular weight is 784 g/mol. The number of aliphatic hydroxyl groups excluding tert-OH is 13. The largest absolute Gasteiger partial charge is 0.472 e. The van der Waals surface area contributed by atoms with Crippen LogP contribution in [0.4, 0.5) is 0 Å². The van der Waals surface area contributed by atoms with Crippen molar-refractivity contribution >= 4 is 21.6 Å². The lowest BCUT2D eigenvalue weighted by Crippen LogP contribution is -2.65. The lowest BCUT2D eigenvalue weighted by atomic mass is 9.96. The molecule has 16 N–H and O–H groups in total. The third-order valence-electron chi connectivity index (χ3n) is 6.91. The second-order valence-electron chi connectivity index (χ2n) is 10.9. The minimum absolute atomic E-state index is 0.815. The molecule has 0 aromatic heterocycles. The fraction of sp³-hybridized carbons (Fsp3) is 0.957. The van der Waals surface area contributed by atoms with Crippen LogP contribution in [0.25, 0.3) is 0 Å². The number of hydrogen-bond donors (Lipinski definition) is 16. The lowest BCUT2D eigenvalue weighted by molar-refractivity contribution is -0.294. The number of carbonyl (C=O) groups excluding carboxylic acids is 1. The van der Waals surface area contributed by atoms with E-state index < -0.39 is 153 Å². The molecule has 1 rings (SSSR count). The monoisotopic (exact) mass is 783 g/mol. The lowest BCUT2D eigenvalue weighted by Gasteiger charge is -2.43. The Bertz CT molecular complexity index is 1090. The smallest absolute Gasteiger partial charge is 0.394 e. The van der Waals surface area contributed by atoms with Gasteiger partial charge in [0.2, 0.25) is 5.91 Å². The van der Waals surface area contributed by atoms with E-state index in [9.17, 15) is 79.9 Å². The van der Waals surface area contributed by atoms with Crippen molar-refractivity contribution in [2.75, 3.05) is 46.2 Å². The molecule has 1 fully saturated rings. The minimum Gasteiger partial charge on any atom is -0.394 e. The molecule has 1 amide bonds. The average Bonchev–Trinajstić information content (AvgIpc) is 3.07. The van der Waals surface area contributed by atoms with Gasteiger partial charge in [0.05, 0.1) is 46.2 Å². The molecule has 0 aliphatic carbocycles. The van der Waals surface area contributed by atoms with Crippen LogP contribution in [-0.2, 0) is 41.5 Å². The number of rotatable bonds is 24. The summed E-state index contributed by atoms with van der Waals surface area (Å²) >= 11 is 0. The van der Waals surface area contributed by atoms with Crippen molar-refractivity contribution in [3.8, 4) is 0 Å². The third-order valence-corrected chi connectivity index (χ3v) is 8.81. The van der Waals surface area contributed by atoms with E-state index in [1.165, 1.54) is 0 Å². The summed E-state index contributed by atoms with van der Waals surface area (Å²) in [7, 11) is -10.5. The van der Waals surface area contributed by atoms with Gasteiger partial charge in [-0.05, 0) is 0 Å². The van der Waals surface area contributed by atoms with E-state index in [-0.39, 0.29) is 0 Å². The predicted octanol–water partition coefficient (Wildman–Crippen LogP) is -8.55. The molecule has 1 saturated heterocycles. The number of carbonyl (C=O) groups is 1. The second-order valence-corrected chi connectivity index (χ2v) is 13.8. The normalized spacial score (nSPS) is 29.3. The third kappa shape index (κ3) is 15.2. The Morgan fingerprint density at radius 1 is 0.680 bits per heavy atom. The number of hydrogen-bond acceptors (Lipinski definition) is 22. The van der Waals surface area contributed by atoms with Crippen molar-refractivity contribution in [3.05, 3.63) is 0 Å². The van der Waals surface area contributed by atoms with Crippen molar-refractivity contribution in [2.45, 2.75) is 92.5 Å². The summed E-state index contributed by atoms with van der Waals surface area (Å²) in [5.74, 6) is -0.815. The van der Waals surface area contributed by atoms with Gasteiger partial charge in [-0.2, -0.15) is 0 Å². The molecule has 0 spiro atoms. The number of phosphoric ester groups is 2. The first kappa shape index (κ1) is 47.1. The van der Waals surface area contributed by atoms with Crippen molar-refractivity contribution in [3.63, 3.8) is 0 Å². The standard InChI is InChI=1S/C23H47NO24P2/c1-9(28)24-17-22(38)21(37)15(4-27)47-23(17)48-16(8-46-50(41,42)44-6-13(32)19(35)11(30)3-26)20(36)14(33)7-45-49(39,40)43-5-12(31)18(34)10(29)2-25/h10-23,25-27,29-38H,2-8H2,1H3,(H,24,28)(H,39,40)(H,41,42)/t10-,11-,12+,13-,14-,15+,16+,17+,18-,19+,20-,21+,22+,23-/m0/s1. The molecule has 298 valence electrons. The quantitative estimate of drug-likeness (QED) is 0.0404. The van der Waals surface area contributed by atoms with Crippen LogP contribution in [0.5, 0.6) is 0 Å². The van der Waals surface area contributed by atoms with Crippen molar-refractivity contribution in [2.24, 2.45) is 0 Å². The van der Waals surface area contributed by atoms with Crippen LogP contribution in [0.2, 0.25) is 0 Å². The molecule has 0 aromatic carbocycles. The summed E-state index contributed by atoms with van der Waals surface area (Å²) in [4.78, 5) is 31.7. The van der Waals surface area contributed by atoms with Crippen molar-refractivity contribution < 1.29 is 118 Å². The molecular weight excluding hydrogens is 736 g/mol. The highest BCUT2D eigenvalue weighted by atomic mass is 31.2. The molecule has 25 nitrogen and oxygen atoms in total. The molecule has 0 bridgehead atoms. The fourth-order valence-corrected chi connectivity index (χ4v) is 5.51. The molecule has 0 radical (unpaired) electrons. The number of aliphatic hydroxyl groups is 13. The van der Waals surface area contributed by atoms with Gasteiger partial charge in [0.25, 0.3) is 0 Å². The molecule has 0 aromatic rings.